The number of fused-ring (bicyclic) bond motifs is 2. The van der Waals surface area contributed by atoms with E-state index in [2.05, 4.69) is 44.9 Å². The maximum Gasteiger partial charge on any atom is 0.230 e. The molecule has 0 N–H and O–H groups in total. The molecule has 0 bridgehead atoms. The molecular weight excluding hydrogens is 400 g/mol. The Hall–Kier alpha value is -3.74. The molecule has 3 heterocycles. The molecule has 32 heavy (non-hydrogen) atoms. The summed E-state index contributed by atoms with van der Waals surface area (Å²) in [5.41, 5.74) is 4.87. The molecule has 2 aromatic heterocycles. The van der Waals surface area contributed by atoms with Gasteiger partial charge in [-0.3, -0.25) is 9.48 Å². The van der Waals surface area contributed by atoms with Crippen LogP contribution in [0.15, 0.2) is 61.1 Å². The molecule has 6 rings (SSSR count). The number of aromatic nitrogens is 4. The Morgan fingerprint density at radius 1 is 1.03 bits per heavy atom. The minimum atomic E-state index is -0.00135. The predicted octanol–water partition coefficient (Wildman–Crippen LogP) is 4.72. The maximum atomic E-state index is 12.5. The largest absolute Gasteiger partial charge is 0.306 e. The van der Waals surface area contributed by atoms with Gasteiger partial charge in [0.1, 0.15) is 0 Å². The van der Waals surface area contributed by atoms with Gasteiger partial charge in [-0.2, -0.15) is 5.10 Å². The highest BCUT2D eigenvalue weighted by Gasteiger charge is 2.33. The van der Waals surface area contributed by atoms with Gasteiger partial charge in [0.15, 0.2) is 0 Å². The lowest BCUT2D eigenvalue weighted by Gasteiger charge is -2.41. The van der Waals surface area contributed by atoms with Crippen molar-refractivity contribution >= 4 is 34.1 Å². The molecule has 160 valence electrons. The summed E-state index contributed by atoms with van der Waals surface area (Å²) in [6.45, 7) is 4.30. The van der Waals surface area contributed by atoms with Crippen molar-refractivity contribution < 1.29 is 4.79 Å². The van der Waals surface area contributed by atoms with Crippen LogP contribution >= 0.6 is 0 Å². The normalized spacial score (nSPS) is 18.1. The van der Waals surface area contributed by atoms with E-state index >= 15 is 0 Å². The average Bonchev–Trinajstić information content (AvgIpc) is 3.54. The molecule has 0 radical (unpaired) electrons. The van der Waals surface area contributed by atoms with Crippen LogP contribution in [0.3, 0.4) is 0 Å². The van der Waals surface area contributed by atoms with Gasteiger partial charge in [0.2, 0.25) is 11.9 Å². The Balaban J connectivity index is 1.48. The Morgan fingerprint density at radius 2 is 1.88 bits per heavy atom. The van der Waals surface area contributed by atoms with Crippen molar-refractivity contribution in [3.8, 4) is 11.1 Å². The molecule has 4 aromatic rings. The van der Waals surface area contributed by atoms with Crippen LogP contribution in [-0.2, 0) is 4.79 Å². The fraction of sp³-hybridized carbons (Fsp3) is 0.280. The molecule has 2 aliphatic rings. The maximum absolute atomic E-state index is 12.5. The third-order valence-corrected chi connectivity index (χ3v) is 6.33. The lowest BCUT2D eigenvalue weighted by Crippen LogP contribution is -2.48. The fourth-order valence-electron chi connectivity index (χ4n) is 4.59. The van der Waals surface area contributed by atoms with Gasteiger partial charge in [-0.15, -0.1) is 0 Å². The second-order valence-electron chi connectivity index (χ2n) is 8.72. The molecule has 2 aromatic carbocycles. The molecule has 0 unspecified atom stereocenters. The van der Waals surface area contributed by atoms with Gasteiger partial charge >= 0.3 is 0 Å². The highest BCUT2D eigenvalue weighted by molar-refractivity contribution is 5.99. The quantitative estimate of drug-likeness (QED) is 0.476. The van der Waals surface area contributed by atoms with Crippen LogP contribution in [0.1, 0.15) is 32.7 Å². The van der Waals surface area contributed by atoms with Gasteiger partial charge in [0.25, 0.3) is 0 Å². The molecule has 0 spiro atoms. The molecule has 1 fully saturated rings. The lowest BCUT2D eigenvalue weighted by molar-refractivity contribution is -0.117. The van der Waals surface area contributed by atoms with E-state index in [1.807, 2.05) is 47.6 Å². The minimum absolute atomic E-state index is 0.00135. The SMILES string of the molecule is CC(=O)N1c2ccc(-c3cnn(C4CC4)c3)cc2N(c2ncc3ccccc3n2)C[C@@H]1C. The molecule has 1 atom stereocenters. The van der Waals surface area contributed by atoms with Crippen molar-refractivity contribution in [1.29, 1.82) is 0 Å². The second-order valence-corrected chi connectivity index (χ2v) is 8.72. The number of para-hydroxylation sites is 1. The highest BCUT2D eigenvalue weighted by Crippen LogP contribution is 2.42. The first kappa shape index (κ1) is 19.0. The van der Waals surface area contributed by atoms with Gasteiger partial charge in [-0.25, -0.2) is 9.97 Å². The van der Waals surface area contributed by atoms with E-state index in [1.54, 1.807) is 6.92 Å². The van der Waals surface area contributed by atoms with E-state index in [9.17, 15) is 4.79 Å². The Kier molecular flexibility index (Phi) is 4.24. The van der Waals surface area contributed by atoms with Crippen LogP contribution in [0.5, 0.6) is 0 Å². The topological polar surface area (TPSA) is 67.2 Å². The first-order chi connectivity index (χ1) is 15.6. The van der Waals surface area contributed by atoms with Gasteiger partial charge < -0.3 is 9.80 Å². The van der Waals surface area contributed by atoms with E-state index in [4.69, 9.17) is 4.98 Å². The fourth-order valence-corrected chi connectivity index (χ4v) is 4.59. The van der Waals surface area contributed by atoms with Crippen molar-refractivity contribution in [2.24, 2.45) is 0 Å². The summed E-state index contributed by atoms with van der Waals surface area (Å²) in [4.78, 5) is 26.0. The number of hydrogen-bond donors (Lipinski definition) is 0. The molecule has 1 aliphatic carbocycles. The number of carbonyl (C=O) groups excluding carboxylic acids is 1. The third kappa shape index (κ3) is 3.12. The summed E-state index contributed by atoms with van der Waals surface area (Å²) in [6, 6.07) is 14.8. The Bertz CT molecular complexity index is 1340. The smallest absolute Gasteiger partial charge is 0.230 e. The number of carbonyl (C=O) groups is 1. The number of anilines is 3. The van der Waals surface area contributed by atoms with Gasteiger partial charge in [-0.1, -0.05) is 24.3 Å². The van der Waals surface area contributed by atoms with E-state index in [1.165, 1.54) is 12.8 Å². The second kappa shape index (κ2) is 7.15. The summed E-state index contributed by atoms with van der Waals surface area (Å²) in [6.07, 6.45) is 8.30. The van der Waals surface area contributed by atoms with E-state index < -0.39 is 0 Å². The van der Waals surface area contributed by atoms with Crippen LogP contribution < -0.4 is 9.80 Å². The van der Waals surface area contributed by atoms with E-state index in [-0.39, 0.29) is 11.9 Å². The first-order valence-electron chi connectivity index (χ1n) is 11.1. The molecule has 7 heteroatoms. The lowest BCUT2D eigenvalue weighted by atomic mass is 10.0. The van der Waals surface area contributed by atoms with Gasteiger partial charge in [0, 0.05) is 36.8 Å². The summed E-state index contributed by atoms with van der Waals surface area (Å²) in [5.74, 6) is 0.679. The van der Waals surface area contributed by atoms with Crippen LogP contribution in [0.25, 0.3) is 22.0 Å². The zero-order valence-electron chi connectivity index (χ0n) is 18.1. The standard InChI is InChI=1S/C25H24N6O/c1-16-14-29(25-26-12-19-5-3-4-6-22(19)28-25)24-11-18(7-10-23(24)31(16)17(2)32)20-13-27-30(15-20)21-8-9-21/h3-7,10-13,15-16,21H,8-9,14H2,1-2H3/t16-/m0/s1. The minimum Gasteiger partial charge on any atom is -0.306 e. The van der Waals surface area contributed by atoms with Crippen LogP contribution in [0, 0.1) is 0 Å². The number of benzene rings is 2. The Labute approximate surface area is 186 Å². The van der Waals surface area contributed by atoms with Crippen molar-refractivity contribution in [3.63, 3.8) is 0 Å². The summed E-state index contributed by atoms with van der Waals surface area (Å²) >= 11 is 0. The summed E-state index contributed by atoms with van der Waals surface area (Å²) in [7, 11) is 0. The molecule has 1 aliphatic heterocycles. The van der Waals surface area contributed by atoms with E-state index in [0.29, 0.717) is 18.5 Å². The van der Waals surface area contributed by atoms with Gasteiger partial charge in [0.05, 0.1) is 35.2 Å². The van der Waals surface area contributed by atoms with Crippen molar-refractivity contribution in [3.05, 3.63) is 61.1 Å². The predicted molar refractivity (Wildman–Crippen MR) is 125 cm³/mol. The average molecular weight is 425 g/mol. The number of amides is 1. The van der Waals surface area contributed by atoms with Crippen molar-refractivity contribution in [1.82, 2.24) is 19.7 Å². The van der Waals surface area contributed by atoms with Gasteiger partial charge in [-0.05, 0) is 43.5 Å². The van der Waals surface area contributed by atoms with Crippen molar-refractivity contribution in [2.75, 3.05) is 16.3 Å². The molecule has 1 saturated carbocycles. The van der Waals surface area contributed by atoms with Crippen molar-refractivity contribution in [2.45, 2.75) is 38.8 Å². The zero-order valence-corrected chi connectivity index (χ0v) is 18.1. The van der Waals surface area contributed by atoms with Crippen LogP contribution in [0.2, 0.25) is 0 Å². The zero-order chi connectivity index (χ0) is 21.8. The number of rotatable bonds is 3. The first-order valence-corrected chi connectivity index (χ1v) is 11.1. The summed E-state index contributed by atoms with van der Waals surface area (Å²) < 4.78 is 2.06. The molecular formula is C25H24N6O. The molecule has 7 nitrogen and oxygen atoms in total. The van der Waals surface area contributed by atoms with Crippen LogP contribution in [0.4, 0.5) is 17.3 Å². The molecule has 1 amide bonds. The molecule has 0 saturated heterocycles. The van der Waals surface area contributed by atoms with E-state index in [0.717, 1.165) is 33.4 Å². The number of hydrogen-bond acceptors (Lipinski definition) is 5. The Morgan fingerprint density at radius 3 is 2.69 bits per heavy atom. The van der Waals surface area contributed by atoms with Crippen LogP contribution in [-0.4, -0.2) is 38.2 Å². The third-order valence-electron chi connectivity index (χ3n) is 6.33. The monoisotopic (exact) mass is 424 g/mol. The summed E-state index contributed by atoms with van der Waals surface area (Å²) in [5, 5.41) is 5.55. The highest BCUT2D eigenvalue weighted by atomic mass is 16.2. The number of nitrogens with zero attached hydrogens (tertiary/aromatic N) is 6.